The monoisotopic (exact) mass is 195 g/mol. The van der Waals surface area contributed by atoms with Crippen LogP contribution in [0.2, 0.25) is 0 Å². The van der Waals surface area contributed by atoms with Crippen molar-refractivity contribution in [3.63, 3.8) is 0 Å². The molecule has 0 amide bonds. The third kappa shape index (κ3) is 1.42. The molecule has 1 aliphatic heterocycles. The molecule has 1 N–H and O–H groups in total. The van der Waals surface area contributed by atoms with Crippen LogP contribution < -0.4 is 5.32 Å². The number of nitrogens with one attached hydrogen (secondary N) is 1. The minimum absolute atomic E-state index is 0.000880. The van der Waals surface area contributed by atoms with Crippen molar-refractivity contribution in [2.45, 2.75) is 19.1 Å². The number of hydrogen-bond acceptors (Lipinski definition) is 2. The highest BCUT2D eigenvalue weighted by Gasteiger charge is 2.30. The summed E-state index contributed by atoms with van der Waals surface area (Å²) >= 11 is 0. The largest absolute Gasteiger partial charge is 0.364 e. The Kier molecular flexibility index (Phi) is 2.52. The Balaban J connectivity index is 2.40. The molecule has 3 heteroatoms. The molecule has 0 aliphatic carbocycles. The highest BCUT2D eigenvalue weighted by atomic mass is 19.1. The van der Waals surface area contributed by atoms with Gasteiger partial charge in [-0.3, -0.25) is 0 Å². The Hall–Kier alpha value is -0.930. The molecule has 14 heavy (non-hydrogen) atoms. The van der Waals surface area contributed by atoms with Gasteiger partial charge < -0.3 is 10.1 Å². The van der Waals surface area contributed by atoms with Gasteiger partial charge in [0.05, 0.1) is 12.2 Å². The standard InChI is InChI=1S/C11H14FNO/c1-7-8-4-3-5-9(12)11(8)10(14-7)6-13-2/h3-5,7,10,13H,6H2,1-2H3/t7-,10+/m1/s1. The summed E-state index contributed by atoms with van der Waals surface area (Å²) in [4.78, 5) is 0. The van der Waals surface area contributed by atoms with E-state index in [4.69, 9.17) is 4.74 Å². The van der Waals surface area contributed by atoms with Gasteiger partial charge in [0.1, 0.15) is 5.82 Å². The lowest BCUT2D eigenvalue weighted by Gasteiger charge is -2.11. The number of rotatable bonds is 2. The van der Waals surface area contributed by atoms with Crippen LogP contribution in [0.4, 0.5) is 4.39 Å². The zero-order chi connectivity index (χ0) is 10.1. The topological polar surface area (TPSA) is 21.3 Å². The van der Waals surface area contributed by atoms with Crippen LogP contribution in [0.1, 0.15) is 30.3 Å². The van der Waals surface area contributed by atoms with Crippen molar-refractivity contribution in [1.29, 1.82) is 0 Å². The second-order valence-corrected chi connectivity index (χ2v) is 3.57. The maximum absolute atomic E-state index is 13.5. The number of likely N-dealkylation sites (N-methyl/N-ethyl adjacent to an activating group) is 1. The van der Waals surface area contributed by atoms with E-state index in [9.17, 15) is 4.39 Å². The lowest BCUT2D eigenvalue weighted by Crippen LogP contribution is -2.17. The fourth-order valence-electron chi connectivity index (χ4n) is 1.97. The first-order chi connectivity index (χ1) is 6.74. The van der Waals surface area contributed by atoms with E-state index in [1.165, 1.54) is 6.07 Å². The average molecular weight is 195 g/mol. The van der Waals surface area contributed by atoms with Gasteiger partial charge in [-0.25, -0.2) is 4.39 Å². The van der Waals surface area contributed by atoms with Crippen LogP contribution >= 0.6 is 0 Å². The Morgan fingerprint density at radius 1 is 1.50 bits per heavy atom. The second kappa shape index (κ2) is 3.67. The SMILES string of the molecule is CNC[C@@H]1O[C@H](C)c2cccc(F)c21. The van der Waals surface area contributed by atoms with Crippen LogP contribution in [0.15, 0.2) is 18.2 Å². The van der Waals surface area contributed by atoms with Crippen molar-refractivity contribution in [3.8, 4) is 0 Å². The van der Waals surface area contributed by atoms with Crippen molar-refractivity contribution in [2.24, 2.45) is 0 Å². The van der Waals surface area contributed by atoms with Gasteiger partial charge in [-0.2, -0.15) is 0 Å². The van der Waals surface area contributed by atoms with E-state index in [-0.39, 0.29) is 18.0 Å². The molecule has 76 valence electrons. The Labute approximate surface area is 83.1 Å². The van der Waals surface area contributed by atoms with Gasteiger partial charge in [0.25, 0.3) is 0 Å². The zero-order valence-corrected chi connectivity index (χ0v) is 8.38. The van der Waals surface area contributed by atoms with Crippen LogP contribution in [-0.4, -0.2) is 13.6 Å². The predicted octanol–water partition coefficient (Wildman–Crippen LogP) is 2.18. The fourth-order valence-corrected chi connectivity index (χ4v) is 1.97. The summed E-state index contributed by atoms with van der Waals surface area (Å²) in [5.41, 5.74) is 1.69. The molecule has 1 aromatic rings. The molecule has 0 spiro atoms. The highest BCUT2D eigenvalue weighted by Crippen LogP contribution is 2.39. The van der Waals surface area contributed by atoms with E-state index in [0.29, 0.717) is 12.1 Å². The van der Waals surface area contributed by atoms with Gasteiger partial charge in [0.15, 0.2) is 0 Å². The Morgan fingerprint density at radius 3 is 3.00 bits per heavy atom. The molecule has 0 saturated heterocycles. The first-order valence-electron chi connectivity index (χ1n) is 4.82. The van der Waals surface area contributed by atoms with Gasteiger partial charge >= 0.3 is 0 Å². The van der Waals surface area contributed by atoms with Crippen LogP contribution in [0, 0.1) is 5.82 Å². The first kappa shape index (κ1) is 9.62. The highest BCUT2D eigenvalue weighted by molar-refractivity contribution is 5.35. The molecule has 1 aliphatic rings. The molecule has 2 atom stereocenters. The molecule has 0 aromatic heterocycles. The van der Waals surface area contributed by atoms with E-state index in [0.717, 1.165) is 5.56 Å². The Bertz CT molecular complexity index is 340. The number of benzene rings is 1. The van der Waals surface area contributed by atoms with E-state index in [2.05, 4.69) is 5.32 Å². The summed E-state index contributed by atoms with van der Waals surface area (Å²) in [6.45, 7) is 2.60. The minimum Gasteiger partial charge on any atom is -0.364 e. The zero-order valence-electron chi connectivity index (χ0n) is 8.38. The fraction of sp³-hybridized carbons (Fsp3) is 0.455. The summed E-state index contributed by atoms with van der Waals surface area (Å²) in [6.07, 6.45) is -0.148. The molecule has 0 radical (unpaired) electrons. The molecule has 2 nitrogen and oxygen atoms in total. The van der Waals surface area contributed by atoms with E-state index in [1.54, 1.807) is 6.07 Å². The van der Waals surface area contributed by atoms with Crippen LogP contribution in [0.5, 0.6) is 0 Å². The van der Waals surface area contributed by atoms with Gasteiger partial charge in [-0.15, -0.1) is 0 Å². The molecule has 1 aromatic carbocycles. The molecular weight excluding hydrogens is 181 g/mol. The normalized spacial score (nSPS) is 25.1. The Morgan fingerprint density at radius 2 is 2.29 bits per heavy atom. The summed E-state index contributed by atoms with van der Waals surface area (Å²) in [5, 5.41) is 3.01. The molecule has 0 unspecified atom stereocenters. The van der Waals surface area contributed by atoms with Crippen LogP contribution in [0.25, 0.3) is 0 Å². The van der Waals surface area contributed by atoms with Crippen molar-refractivity contribution in [3.05, 3.63) is 35.1 Å². The van der Waals surface area contributed by atoms with E-state index >= 15 is 0 Å². The minimum atomic E-state index is -0.160. The molecule has 0 bridgehead atoms. The number of ether oxygens (including phenoxy) is 1. The second-order valence-electron chi connectivity index (χ2n) is 3.57. The summed E-state index contributed by atoms with van der Waals surface area (Å²) < 4.78 is 19.2. The maximum atomic E-state index is 13.5. The van der Waals surface area contributed by atoms with Crippen molar-refractivity contribution in [1.82, 2.24) is 5.32 Å². The van der Waals surface area contributed by atoms with Gasteiger partial charge in [0.2, 0.25) is 0 Å². The smallest absolute Gasteiger partial charge is 0.129 e. The average Bonchev–Trinajstić information content (AvgIpc) is 2.46. The first-order valence-corrected chi connectivity index (χ1v) is 4.82. The van der Waals surface area contributed by atoms with Crippen LogP contribution in [0.3, 0.4) is 0 Å². The summed E-state index contributed by atoms with van der Waals surface area (Å²) in [5.74, 6) is -0.160. The van der Waals surface area contributed by atoms with Gasteiger partial charge in [-0.1, -0.05) is 12.1 Å². The quantitative estimate of drug-likeness (QED) is 0.781. The maximum Gasteiger partial charge on any atom is 0.129 e. The van der Waals surface area contributed by atoms with E-state index < -0.39 is 0 Å². The number of halogens is 1. The predicted molar refractivity (Wildman–Crippen MR) is 52.6 cm³/mol. The summed E-state index contributed by atoms with van der Waals surface area (Å²) in [6, 6.07) is 5.15. The molecule has 2 rings (SSSR count). The van der Waals surface area contributed by atoms with Crippen LogP contribution in [-0.2, 0) is 4.74 Å². The van der Waals surface area contributed by atoms with Crippen molar-refractivity contribution < 1.29 is 9.13 Å². The lowest BCUT2D eigenvalue weighted by atomic mass is 10.0. The third-order valence-electron chi connectivity index (χ3n) is 2.60. The molecular formula is C11H14FNO. The molecule has 0 fully saturated rings. The van der Waals surface area contributed by atoms with Gasteiger partial charge in [0, 0.05) is 12.1 Å². The number of hydrogen-bond donors (Lipinski definition) is 1. The number of fused-ring (bicyclic) bond motifs is 1. The lowest BCUT2D eigenvalue weighted by molar-refractivity contribution is 0.0224. The van der Waals surface area contributed by atoms with Crippen molar-refractivity contribution >= 4 is 0 Å². The molecule has 0 saturated carbocycles. The van der Waals surface area contributed by atoms with Gasteiger partial charge in [-0.05, 0) is 25.6 Å². The van der Waals surface area contributed by atoms with E-state index in [1.807, 2.05) is 20.0 Å². The summed E-state index contributed by atoms with van der Waals surface area (Å²) in [7, 11) is 1.84. The molecule has 1 heterocycles. The third-order valence-corrected chi connectivity index (χ3v) is 2.60. The van der Waals surface area contributed by atoms with Crippen molar-refractivity contribution in [2.75, 3.05) is 13.6 Å².